The third kappa shape index (κ3) is 3.76. The standard InChI is InChI=1S/C17H12BrF2N3O3S/c1-9-15(14-11(19)6-4-7-12(14)20)22-16(21-9)17(24)23-27(25,26)13-8-3-2-5-10(13)18/h2-8H,1H3,(H,21,22)(H,23,24). The second-order valence-electron chi connectivity index (χ2n) is 5.52. The van der Waals surface area contributed by atoms with Crippen LogP contribution >= 0.6 is 15.9 Å². The highest BCUT2D eigenvalue weighted by molar-refractivity contribution is 9.10. The van der Waals surface area contributed by atoms with E-state index in [9.17, 15) is 22.0 Å². The molecule has 6 nitrogen and oxygen atoms in total. The fourth-order valence-corrected chi connectivity index (χ4v) is 4.38. The molecule has 0 radical (unpaired) electrons. The van der Waals surface area contributed by atoms with E-state index in [1.165, 1.54) is 31.2 Å². The molecular formula is C17H12BrF2N3O3S. The molecule has 0 aliphatic carbocycles. The lowest BCUT2D eigenvalue weighted by molar-refractivity contribution is 0.0972. The Balaban J connectivity index is 1.95. The Kier molecular flexibility index (Phi) is 5.11. The summed E-state index contributed by atoms with van der Waals surface area (Å²) >= 11 is 3.10. The summed E-state index contributed by atoms with van der Waals surface area (Å²) in [4.78, 5) is 18.6. The number of hydrogen-bond acceptors (Lipinski definition) is 4. The zero-order valence-electron chi connectivity index (χ0n) is 13.8. The molecule has 1 aromatic heterocycles. The minimum absolute atomic E-state index is 0.117. The number of carbonyl (C=O) groups excluding carboxylic acids is 1. The maximum atomic E-state index is 14.0. The van der Waals surface area contributed by atoms with Gasteiger partial charge >= 0.3 is 5.91 Å². The number of carbonyl (C=O) groups is 1. The van der Waals surface area contributed by atoms with Crippen LogP contribution in [-0.2, 0) is 10.0 Å². The maximum absolute atomic E-state index is 14.0. The molecule has 0 aliphatic rings. The second kappa shape index (κ2) is 7.20. The van der Waals surface area contributed by atoms with Crippen molar-refractivity contribution >= 4 is 31.9 Å². The first-order chi connectivity index (χ1) is 12.7. The number of halogens is 3. The van der Waals surface area contributed by atoms with Gasteiger partial charge in [0.05, 0.1) is 11.3 Å². The van der Waals surface area contributed by atoms with Gasteiger partial charge in [-0.15, -0.1) is 0 Å². The molecule has 2 N–H and O–H groups in total. The van der Waals surface area contributed by atoms with E-state index in [4.69, 9.17) is 0 Å². The van der Waals surface area contributed by atoms with E-state index in [0.29, 0.717) is 0 Å². The van der Waals surface area contributed by atoms with Crippen molar-refractivity contribution in [1.29, 1.82) is 0 Å². The van der Waals surface area contributed by atoms with E-state index >= 15 is 0 Å². The highest BCUT2D eigenvalue weighted by Gasteiger charge is 2.25. The molecule has 2 aromatic carbocycles. The number of aryl methyl sites for hydroxylation is 1. The lowest BCUT2D eigenvalue weighted by Crippen LogP contribution is -2.31. The van der Waals surface area contributed by atoms with Crippen LogP contribution < -0.4 is 4.72 Å². The number of aromatic amines is 1. The van der Waals surface area contributed by atoms with Crippen LogP contribution in [0.3, 0.4) is 0 Å². The van der Waals surface area contributed by atoms with Gasteiger partial charge < -0.3 is 4.98 Å². The van der Waals surface area contributed by atoms with Crippen molar-refractivity contribution in [3.8, 4) is 11.3 Å². The molecular weight excluding hydrogens is 444 g/mol. The van der Waals surface area contributed by atoms with Crippen LogP contribution in [0.15, 0.2) is 51.8 Å². The van der Waals surface area contributed by atoms with Gasteiger partial charge in [0.1, 0.15) is 16.5 Å². The molecule has 3 aromatic rings. The average molecular weight is 456 g/mol. The third-order valence-electron chi connectivity index (χ3n) is 3.65. The highest BCUT2D eigenvalue weighted by Crippen LogP contribution is 2.27. The molecule has 0 bridgehead atoms. The molecule has 0 atom stereocenters. The Hall–Kier alpha value is -2.59. The lowest BCUT2D eigenvalue weighted by atomic mass is 10.1. The van der Waals surface area contributed by atoms with Crippen LogP contribution in [0.25, 0.3) is 11.3 Å². The number of amides is 1. The molecule has 0 unspecified atom stereocenters. The Labute approximate surface area is 161 Å². The Morgan fingerprint density at radius 1 is 1.11 bits per heavy atom. The third-order valence-corrected chi connectivity index (χ3v) is 6.00. The van der Waals surface area contributed by atoms with Crippen molar-refractivity contribution in [2.45, 2.75) is 11.8 Å². The topological polar surface area (TPSA) is 91.9 Å². The predicted octanol–water partition coefficient (Wildman–Crippen LogP) is 3.54. The number of rotatable bonds is 4. The molecule has 140 valence electrons. The zero-order chi connectivity index (χ0) is 19.8. The predicted molar refractivity (Wildman–Crippen MR) is 97.5 cm³/mol. The van der Waals surface area contributed by atoms with Crippen LogP contribution in [-0.4, -0.2) is 24.3 Å². The first-order valence-corrected chi connectivity index (χ1v) is 9.81. The molecule has 3 rings (SSSR count). The van der Waals surface area contributed by atoms with Gasteiger partial charge in [0.25, 0.3) is 10.0 Å². The van der Waals surface area contributed by atoms with Crippen molar-refractivity contribution in [3.05, 3.63) is 70.1 Å². The Morgan fingerprint density at radius 2 is 1.74 bits per heavy atom. The van der Waals surface area contributed by atoms with Crippen LogP contribution in [0.2, 0.25) is 0 Å². The van der Waals surface area contributed by atoms with Crippen molar-refractivity contribution in [2.75, 3.05) is 0 Å². The molecule has 0 aliphatic heterocycles. The van der Waals surface area contributed by atoms with Crippen LogP contribution in [0.1, 0.15) is 16.3 Å². The quantitative estimate of drug-likeness (QED) is 0.629. The molecule has 0 saturated heterocycles. The van der Waals surface area contributed by atoms with Crippen molar-refractivity contribution in [2.24, 2.45) is 0 Å². The van der Waals surface area contributed by atoms with Gasteiger partial charge in [0.2, 0.25) is 0 Å². The number of nitrogens with zero attached hydrogens (tertiary/aromatic N) is 1. The summed E-state index contributed by atoms with van der Waals surface area (Å²) in [7, 11) is -4.18. The molecule has 10 heteroatoms. The van der Waals surface area contributed by atoms with Crippen LogP contribution in [0.4, 0.5) is 8.78 Å². The summed E-state index contributed by atoms with van der Waals surface area (Å²) in [5, 5.41) is 0. The van der Waals surface area contributed by atoms with Crippen molar-refractivity contribution < 1.29 is 22.0 Å². The lowest BCUT2D eigenvalue weighted by Gasteiger charge is -2.07. The van der Waals surface area contributed by atoms with Gasteiger partial charge in [-0.2, -0.15) is 0 Å². The summed E-state index contributed by atoms with van der Waals surface area (Å²) in [6.45, 7) is 1.47. The zero-order valence-corrected chi connectivity index (χ0v) is 16.2. The summed E-state index contributed by atoms with van der Waals surface area (Å²) in [5.41, 5.74) is -0.310. The van der Waals surface area contributed by atoms with Gasteiger partial charge in [-0.1, -0.05) is 18.2 Å². The number of H-pyrrole nitrogens is 1. The number of aromatic nitrogens is 2. The number of imidazole rings is 1. The van der Waals surface area contributed by atoms with Gasteiger partial charge in [-0.3, -0.25) is 4.79 Å². The minimum atomic E-state index is -4.18. The Morgan fingerprint density at radius 3 is 2.37 bits per heavy atom. The van der Waals surface area contributed by atoms with E-state index in [1.54, 1.807) is 6.07 Å². The average Bonchev–Trinajstić information content (AvgIpc) is 2.96. The summed E-state index contributed by atoms with van der Waals surface area (Å²) < 4.78 is 54.8. The van der Waals surface area contributed by atoms with Crippen LogP contribution in [0, 0.1) is 18.6 Å². The normalized spacial score (nSPS) is 11.4. The van der Waals surface area contributed by atoms with E-state index in [1.807, 2.05) is 4.72 Å². The first kappa shape index (κ1) is 19.2. The molecule has 0 saturated carbocycles. The van der Waals surface area contributed by atoms with Crippen LogP contribution in [0.5, 0.6) is 0 Å². The fourth-order valence-electron chi connectivity index (χ4n) is 2.42. The number of sulfonamides is 1. The maximum Gasteiger partial charge on any atom is 0.300 e. The SMILES string of the molecule is Cc1[nH]c(C(=O)NS(=O)(=O)c2ccccc2Br)nc1-c1c(F)cccc1F. The van der Waals surface area contributed by atoms with Gasteiger partial charge in [-0.05, 0) is 47.1 Å². The summed E-state index contributed by atoms with van der Waals surface area (Å²) in [6.07, 6.45) is 0. The van der Waals surface area contributed by atoms with Gasteiger partial charge in [-0.25, -0.2) is 26.9 Å². The van der Waals surface area contributed by atoms with E-state index < -0.39 is 33.1 Å². The van der Waals surface area contributed by atoms with E-state index in [0.717, 1.165) is 12.1 Å². The van der Waals surface area contributed by atoms with Gasteiger partial charge in [0, 0.05) is 10.2 Å². The molecule has 0 fully saturated rings. The molecule has 1 heterocycles. The first-order valence-electron chi connectivity index (χ1n) is 7.53. The highest BCUT2D eigenvalue weighted by atomic mass is 79.9. The second-order valence-corrected chi connectivity index (χ2v) is 8.03. The van der Waals surface area contributed by atoms with Crippen molar-refractivity contribution in [3.63, 3.8) is 0 Å². The number of benzene rings is 2. The van der Waals surface area contributed by atoms with Crippen molar-refractivity contribution in [1.82, 2.24) is 14.7 Å². The molecule has 1 amide bonds. The van der Waals surface area contributed by atoms with E-state index in [-0.39, 0.29) is 26.6 Å². The Bertz CT molecular complexity index is 1130. The summed E-state index contributed by atoms with van der Waals surface area (Å²) in [6, 6.07) is 9.26. The molecule has 0 spiro atoms. The fraction of sp³-hybridized carbons (Fsp3) is 0.0588. The summed E-state index contributed by atoms with van der Waals surface area (Å²) in [5.74, 6) is -3.15. The minimum Gasteiger partial charge on any atom is -0.337 e. The smallest absolute Gasteiger partial charge is 0.300 e. The molecule has 27 heavy (non-hydrogen) atoms. The van der Waals surface area contributed by atoms with Gasteiger partial charge in [0.15, 0.2) is 5.82 Å². The number of hydrogen-bond donors (Lipinski definition) is 2. The number of nitrogens with one attached hydrogen (secondary N) is 2. The van der Waals surface area contributed by atoms with E-state index in [2.05, 4.69) is 25.9 Å². The monoisotopic (exact) mass is 455 g/mol. The largest absolute Gasteiger partial charge is 0.337 e.